The molecule has 0 atom stereocenters. The molecule has 3 N–H and O–H groups in total. The van der Waals surface area contributed by atoms with Crippen molar-refractivity contribution in [2.24, 2.45) is 0 Å². The van der Waals surface area contributed by atoms with Gasteiger partial charge in [-0.05, 0) is 0 Å². The molecule has 0 saturated heterocycles. The standard InChI is InChI=1S/C8H12N2O4S/c1-14-8(13)6-7(12)5(9-10-6)4-15-3-2-11/h11-12H,2-4H2,1H3,(H,9,10). The fourth-order valence-corrected chi connectivity index (χ4v) is 1.62. The third kappa shape index (κ3) is 2.87. The van der Waals surface area contributed by atoms with Gasteiger partial charge in [-0.2, -0.15) is 16.9 Å². The average Bonchev–Trinajstić information content (AvgIpc) is 2.60. The predicted octanol–water partition coefficient (Wildman–Crippen LogP) is 0.127. The first-order chi connectivity index (χ1) is 7.20. The first-order valence-electron chi connectivity index (χ1n) is 4.23. The number of nitrogens with zero attached hydrogens (tertiary/aromatic N) is 1. The molecule has 0 spiro atoms. The number of carbonyl (C=O) groups excluding carboxylic acids is 1. The normalized spacial score (nSPS) is 10.3. The van der Waals surface area contributed by atoms with Crippen LogP contribution >= 0.6 is 11.8 Å². The number of carbonyl (C=O) groups is 1. The molecule has 1 aromatic rings. The topological polar surface area (TPSA) is 95.4 Å². The molecule has 84 valence electrons. The first-order valence-corrected chi connectivity index (χ1v) is 5.39. The Balaban J connectivity index is 2.67. The minimum Gasteiger partial charge on any atom is -0.504 e. The van der Waals surface area contributed by atoms with Crippen molar-refractivity contribution in [3.05, 3.63) is 11.4 Å². The maximum absolute atomic E-state index is 11.1. The largest absolute Gasteiger partial charge is 0.504 e. The average molecular weight is 232 g/mol. The molecule has 0 aliphatic rings. The number of nitrogens with one attached hydrogen (secondary N) is 1. The number of aromatic amines is 1. The minimum atomic E-state index is -0.654. The number of aromatic nitrogens is 2. The monoisotopic (exact) mass is 232 g/mol. The summed E-state index contributed by atoms with van der Waals surface area (Å²) in [7, 11) is 1.22. The minimum absolute atomic E-state index is 0.0444. The van der Waals surface area contributed by atoms with E-state index in [1.165, 1.54) is 18.9 Å². The van der Waals surface area contributed by atoms with Crippen molar-refractivity contribution in [3.63, 3.8) is 0 Å². The summed E-state index contributed by atoms with van der Waals surface area (Å²) in [6.45, 7) is 0.0692. The van der Waals surface area contributed by atoms with Crippen LogP contribution in [0.15, 0.2) is 0 Å². The van der Waals surface area contributed by atoms with Crippen LogP contribution < -0.4 is 0 Å². The van der Waals surface area contributed by atoms with Gasteiger partial charge in [-0.3, -0.25) is 5.10 Å². The van der Waals surface area contributed by atoms with E-state index < -0.39 is 5.97 Å². The Morgan fingerprint density at radius 1 is 1.67 bits per heavy atom. The molecule has 15 heavy (non-hydrogen) atoms. The lowest BCUT2D eigenvalue weighted by molar-refractivity contribution is 0.0590. The van der Waals surface area contributed by atoms with E-state index in [0.29, 0.717) is 17.2 Å². The van der Waals surface area contributed by atoms with Gasteiger partial charge in [0.25, 0.3) is 0 Å². The Morgan fingerprint density at radius 2 is 2.40 bits per heavy atom. The Labute approximate surface area is 90.6 Å². The number of H-pyrrole nitrogens is 1. The molecule has 1 rings (SSSR count). The molecule has 0 aromatic carbocycles. The van der Waals surface area contributed by atoms with E-state index in [2.05, 4.69) is 14.9 Å². The molecule has 0 fully saturated rings. The number of esters is 1. The number of rotatable bonds is 5. The van der Waals surface area contributed by atoms with Crippen molar-refractivity contribution in [2.75, 3.05) is 19.5 Å². The fourth-order valence-electron chi connectivity index (χ4n) is 0.952. The van der Waals surface area contributed by atoms with Crippen LogP contribution in [0.4, 0.5) is 0 Å². The van der Waals surface area contributed by atoms with Gasteiger partial charge >= 0.3 is 5.97 Å². The van der Waals surface area contributed by atoms with Gasteiger partial charge in [-0.25, -0.2) is 4.79 Å². The highest BCUT2D eigenvalue weighted by atomic mass is 32.2. The first kappa shape index (κ1) is 11.9. The number of hydrogen-bond donors (Lipinski definition) is 3. The third-order valence-corrected chi connectivity index (χ3v) is 2.63. The number of aliphatic hydroxyl groups is 1. The van der Waals surface area contributed by atoms with E-state index in [9.17, 15) is 9.90 Å². The van der Waals surface area contributed by atoms with Gasteiger partial charge in [0.1, 0.15) is 5.69 Å². The zero-order valence-electron chi connectivity index (χ0n) is 8.19. The maximum Gasteiger partial charge on any atom is 0.359 e. The van der Waals surface area contributed by atoms with Crippen LogP contribution in [0.5, 0.6) is 5.75 Å². The van der Waals surface area contributed by atoms with Crippen LogP contribution in [0.3, 0.4) is 0 Å². The van der Waals surface area contributed by atoms with Gasteiger partial charge in [0.2, 0.25) is 0 Å². The highest BCUT2D eigenvalue weighted by Gasteiger charge is 2.18. The molecule has 0 aliphatic carbocycles. The molecule has 0 saturated carbocycles. The summed E-state index contributed by atoms with van der Waals surface area (Å²) >= 11 is 1.41. The lowest BCUT2D eigenvalue weighted by Gasteiger charge is -1.97. The second kappa shape index (κ2) is 5.62. The molecule has 6 nitrogen and oxygen atoms in total. The van der Waals surface area contributed by atoms with Gasteiger partial charge in [0.15, 0.2) is 11.4 Å². The van der Waals surface area contributed by atoms with Crippen molar-refractivity contribution >= 4 is 17.7 Å². The quantitative estimate of drug-likeness (QED) is 0.493. The molecule has 0 unspecified atom stereocenters. The number of thioether (sulfide) groups is 1. The summed E-state index contributed by atoms with van der Waals surface area (Å²) in [5, 5.41) is 24.3. The Kier molecular flexibility index (Phi) is 4.44. The van der Waals surface area contributed by atoms with E-state index >= 15 is 0 Å². The zero-order chi connectivity index (χ0) is 11.3. The van der Waals surface area contributed by atoms with Gasteiger partial charge < -0.3 is 14.9 Å². The second-order valence-electron chi connectivity index (χ2n) is 2.66. The van der Waals surface area contributed by atoms with E-state index in [4.69, 9.17) is 5.11 Å². The van der Waals surface area contributed by atoms with Crippen LogP contribution in [0.1, 0.15) is 16.2 Å². The zero-order valence-corrected chi connectivity index (χ0v) is 9.00. The summed E-state index contributed by atoms with van der Waals surface area (Å²) in [6.07, 6.45) is 0. The van der Waals surface area contributed by atoms with E-state index in [1.807, 2.05) is 0 Å². The van der Waals surface area contributed by atoms with E-state index in [1.54, 1.807) is 0 Å². The summed E-state index contributed by atoms with van der Waals surface area (Å²) in [5.41, 5.74) is 0.339. The molecular weight excluding hydrogens is 220 g/mol. The van der Waals surface area contributed by atoms with Crippen LogP contribution in [0.25, 0.3) is 0 Å². The maximum atomic E-state index is 11.1. The SMILES string of the molecule is COC(=O)c1[nH]nc(CSCCO)c1O. The number of aliphatic hydroxyl groups excluding tert-OH is 1. The lowest BCUT2D eigenvalue weighted by Crippen LogP contribution is -2.01. The fraction of sp³-hybridized carbons (Fsp3) is 0.500. The van der Waals surface area contributed by atoms with Crippen molar-refractivity contribution < 1.29 is 19.7 Å². The predicted molar refractivity (Wildman–Crippen MR) is 54.8 cm³/mol. The molecule has 0 aliphatic heterocycles. The van der Waals surface area contributed by atoms with Crippen molar-refractivity contribution in [1.29, 1.82) is 0 Å². The molecule has 0 bridgehead atoms. The highest BCUT2D eigenvalue weighted by Crippen LogP contribution is 2.23. The molecule has 0 radical (unpaired) electrons. The molecule has 1 aromatic heterocycles. The number of ether oxygens (including phenoxy) is 1. The number of aromatic hydroxyl groups is 1. The summed E-state index contributed by atoms with van der Waals surface area (Å²) < 4.78 is 4.44. The van der Waals surface area contributed by atoms with Gasteiger partial charge in [0.05, 0.1) is 13.7 Å². The summed E-state index contributed by atoms with van der Waals surface area (Å²) in [4.78, 5) is 11.1. The van der Waals surface area contributed by atoms with Crippen LogP contribution in [-0.4, -0.2) is 45.8 Å². The number of hydrogen-bond acceptors (Lipinski definition) is 6. The number of methoxy groups -OCH3 is 1. The van der Waals surface area contributed by atoms with Gasteiger partial charge in [-0.1, -0.05) is 0 Å². The molecular formula is C8H12N2O4S. The van der Waals surface area contributed by atoms with Crippen molar-refractivity contribution in [3.8, 4) is 5.75 Å². The lowest BCUT2D eigenvalue weighted by atomic mass is 10.3. The summed E-state index contributed by atoms with van der Waals surface area (Å²) in [5.74, 6) is 0.144. The third-order valence-electron chi connectivity index (χ3n) is 1.68. The Morgan fingerprint density at radius 3 is 3.00 bits per heavy atom. The summed E-state index contributed by atoms with van der Waals surface area (Å²) in [6, 6.07) is 0. The van der Waals surface area contributed by atoms with Crippen molar-refractivity contribution in [1.82, 2.24) is 10.2 Å². The second-order valence-corrected chi connectivity index (χ2v) is 3.77. The van der Waals surface area contributed by atoms with E-state index in [0.717, 1.165) is 0 Å². The van der Waals surface area contributed by atoms with Gasteiger partial charge in [-0.15, -0.1) is 0 Å². The smallest absolute Gasteiger partial charge is 0.359 e. The molecule has 1 heterocycles. The Bertz CT molecular complexity index is 339. The van der Waals surface area contributed by atoms with Crippen LogP contribution in [-0.2, 0) is 10.5 Å². The van der Waals surface area contributed by atoms with Crippen LogP contribution in [0, 0.1) is 0 Å². The van der Waals surface area contributed by atoms with Crippen LogP contribution in [0.2, 0.25) is 0 Å². The van der Waals surface area contributed by atoms with E-state index in [-0.39, 0.29) is 18.1 Å². The van der Waals surface area contributed by atoms with Gasteiger partial charge in [0, 0.05) is 11.5 Å². The molecule has 0 amide bonds. The Hall–Kier alpha value is -1.21. The molecule has 7 heteroatoms. The highest BCUT2D eigenvalue weighted by molar-refractivity contribution is 7.98. The van der Waals surface area contributed by atoms with Crippen molar-refractivity contribution in [2.45, 2.75) is 5.75 Å².